The molecular formula is C13H11N3OS. The summed E-state index contributed by atoms with van der Waals surface area (Å²) in [6.45, 7) is 0. The monoisotopic (exact) mass is 257 g/mol. The molecule has 0 fully saturated rings. The topological polar surface area (TPSA) is 58.7 Å². The molecule has 1 heterocycles. The largest absolute Gasteiger partial charge is 0.347 e. The van der Waals surface area contributed by atoms with Crippen molar-refractivity contribution in [1.82, 2.24) is 9.55 Å². The predicted molar refractivity (Wildman–Crippen MR) is 71.4 cm³/mol. The lowest BCUT2D eigenvalue weighted by atomic mass is 10.1. The summed E-state index contributed by atoms with van der Waals surface area (Å²) in [4.78, 5) is 16.6. The number of hydrogen-bond donors (Lipinski definition) is 0. The van der Waals surface area contributed by atoms with E-state index in [1.165, 1.54) is 10.8 Å². The van der Waals surface area contributed by atoms with Crippen LogP contribution in [-0.2, 0) is 7.05 Å². The Hall–Kier alpha value is -2.06. The molecule has 0 aliphatic carbocycles. The van der Waals surface area contributed by atoms with Gasteiger partial charge in [0.1, 0.15) is 6.07 Å². The molecule has 1 aromatic heterocycles. The summed E-state index contributed by atoms with van der Waals surface area (Å²) < 4.78 is 1.30. The Kier molecular flexibility index (Phi) is 3.49. The Balaban J connectivity index is 2.59. The van der Waals surface area contributed by atoms with Crippen LogP contribution >= 0.6 is 11.8 Å². The Labute approximate surface area is 109 Å². The summed E-state index contributed by atoms with van der Waals surface area (Å²) in [5.41, 5.74) is 1.25. The summed E-state index contributed by atoms with van der Waals surface area (Å²) in [7, 11) is 1.58. The highest BCUT2D eigenvalue weighted by Crippen LogP contribution is 2.22. The Bertz CT molecular complexity index is 668. The molecule has 4 nitrogen and oxygen atoms in total. The van der Waals surface area contributed by atoms with Crippen molar-refractivity contribution < 1.29 is 0 Å². The average Bonchev–Trinajstić information content (AvgIpc) is 2.41. The van der Waals surface area contributed by atoms with Gasteiger partial charge in [-0.3, -0.25) is 0 Å². The highest BCUT2D eigenvalue weighted by molar-refractivity contribution is 7.98. The zero-order valence-corrected chi connectivity index (χ0v) is 10.9. The minimum Gasteiger partial charge on any atom is -0.301 e. The van der Waals surface area contributed by atoms with Gasteiger partial charge in [0.25, 0.3) is 0 Å². The predicted octanol–water partition coefficient (Wildman–Crippen LogP) is 2.04. The van der Waals surface area contributed by atoms with E-state index in [-0.39, 0.29) is 5.69 Å². The maximum Gasteiger partial charge on any atom is 0.347 e. The van der Waals surface area contributed by atoms with E-state index in [9.17, 15) is 4.79 Å². The first-order valence-corrected chi connectivity index (χ1v) is 6.50. The molecule has 2 aromatic rings. The van der Waals surface area contributed by atoms with Crippen LogP contribution in [0.2, 0.25) is 0 Å². The van der Waals surface area contributed by atoms with Gasteiger partial charge in [-0.2, -0.15) is 10.2 Å². The number of nitriles is 1. The maximum atomic E-state index is 11.5. The van der Waals surface area contributed by atoms with Gasteiger partial charge in [-0.25, -0.2) is 4.79 Å². The van der Waals surface area contributed by atoms with Crippen LogP contribution in [0.4, 0.5) is 0 Å². The van der Waals surface area contributed by atoms with Gasteiger partial charge >= 0.3 is 5.69 Å². The maximum absolute atomic E-state index is 11.5. The third-order valence-corrected chi connectivity index (χ3v) is 3.31. The van der Waals surface area contributed by atoms with Crippen molar-refractivity contribution in [3.05, 3.63) is 46.5 Å². The van der Waals surface area contributed by atoms with Crippen molar-refractivity contribution in [1.29, 1.82) is 5.26 Å². The molecule has 0 spiro atoms. The van der Waals surface area contributed by atoms with Crippen molar-refractivity contribution in [2.75, 3.05) is 6.26 Å². The highest BCUT2D eigenvalue weighted by Gasteiger charge is 2.09. The highest BCUT2D eigenvalue weighted by atomic mass is 32.2. The van der Waals surface area contributed by atoms with Crippen LogP contribution in [0.3, 0.4) is 0 Å². The summed E-state index contributed by atoms with van der Waals surface area (Å²) in [5, 5.41) is 9.09. The van der Waals surface area contributed by atoms with Gasteiger partial charge in [0.2, 0.25) is 0 Å². The Morgan fingerprint density at radius 1 is 1.33 bits per heavy atom. The molecule has 18 heavy (non-hydrogen) atoms. The van der Waals surface area contributed by atoms with Crippen molar-refractivity contribution in [2.45, 2.75) is 4.90 Å². The first kappa shape index (κ1) is 12.4. The van der Waals surface area contributed by atoms with Crippen LogP contribution < -0.4 is 5.69 Å². The third kappa shape index (κ3) is 2.29. The average molecular weight is 257 g/mol. The summed E-state index contributed by atoms with van der Waals surface area (Å²) >= 11 is 1.64. The molecular weight excluding hydrogens is 246 g/mol. The number of aryl methyl sites for hydroxylation is 1. The van der Waals surface area contributed by atoms with E-state index in [1.807, 2.05) is 30.5 Å². The van der Waals surface area contributed by atoms with Gasteiger partial charge < -0.3 is 4.57 Å². The lowest BCUT2D eigenvalue weighted by molar-refractivity contribution is 0.809. The minimum atomic E-state index is -0.363. The number of aromatic nitrogens is 2. The molecule has 0 amide bonds. The van der Waals surface area contributed by atoms with Crippen LogP contribution in [0.5, 0.6) is 0 Å². The van der Waals surface area contributed by atoms with E-state index >= 15 is 0 Å². The second-order valence-electron chi connectivity index (χ2n) is 3.74. The Morgan fingerprint density at radius 2 is 2.00 bits per heavy atom. The normalized spacial score (nSPS) is 10.1. The first-order chi connectivity index (χ1) is 8.65. The van der Waals surface area contributed by atoms with Crippen molar-refractivity contribution in [3.8, 4) is 17.3 Å². The van der Waals surface area contributed by atoms with Gasteiger partial charge in [0.15, 0.2) is 0 Å². The fraction of sp³-hybridized carbons (Fsp3) is 0.154. The quantitative estimate of drug-likeness (QED) is 0.772. The van der Waals surface area contributed by atoms with E-state index in [0.717, 1.165) is 10.5 Å². The minimum absolute atomic E-state index is 0.363. The molecule has 0 radical (unpaired) electrons. The van der Waals surface area contributed by atoms with Crippen LogP contribution in [0.15, 0.2) is 40.2 Å². The number of nitrogens with zero attached hydrogens (tertiary/aromatic N) is 3. The molecule has 0 saturated heterocycles. The van der Waals surface area contributed by atoms with Gasteiger partial charge in [-0.05, 0) is 18.4 Å². The molecule has 2 rings (SSSR count). The molecule has 90 valence electrons. The van der Waals surface area contributed by atoms with E-state index in [2.05, 4.69) is 11.1 Å². The molecule has 1 aromatic carbocycles. The number of hydrogen-bond acceptors (Lipinski definition) is 4. The van der Waals surface area contributed by atoms with Crippen LogP contribution in [0.1, 0.15) is 5.56 Å². The second-order valence-corrected chi connectivity index (χ2v) is 4.62. The van der Waals surface area contributed by atoms with E-state index in [0.29, 0.717) is 11.3 Å². The van der Waals surface area contributed by atoms with Gasteiger partial charge in [0.05, 0.1) is 11.3 Å². The first-order valence-electron chi connectivity index (χ1n) is 5.28. The molecule has 0 atom stereocenters. The molecule has 0 unspecified atom stereocenters. The summed E-state index contributed by atoms with van der Waals surface area (Å²) in [6, 6.07) is 9.69. The molecule has 0 saturated carbocycles. The Morgan fingerprint density at radius 3 is 2.56 bits per heavy atom. The fourth-order valence-corrected chi connectivity index (χ4v) is 2.00. The summed E-state index contributed by atoms with van der Waals surface area (Å²) in [6.07, 6.45) is 3.50. The molecule has 5 heteroatoms. The number of thioether (sulfide) groups is 1. The second kappa shape index (κ2) is 5.07. The van der Waals surface area contributed by atoms with E-state index in [1.54, 1.807) is 18.8 Å². The standard InChI is InChI=1S/C13H11N3OS/c1-16-8-10(7-14)12(15-13(16)17)9-3-5-11(18-2)6-4-9/h3-6,8H,1-2H3. The number of rotatable bonds is 2. The van der Waals surface area contributed by atoms with Crippen molar-refractivity contribution >= 4 is 11.8 Å². The van der Waals surface area contributed by atoms with Crippen molar-refractivity contribution in [2.24, 2.45) is 7.05 Å². The smallest absolute Gasteiger partial charge is 0.301 e. The van der Waals surface area contributed by atoms with Gasteiger partial charge in [-0.15, -0.1) is 11.8 Å². The van der Waals surface area contributed by atoms with Crippen LogP contribution in [0.25, 0.3) is 11.3 Å². The van der Waals surface area contributed by atoms with Crippen LogP contribution in [0, 0.1) is 11.3 Å². The molecule has 0 aliphatic rings. The fourth-order valence-electron chi connectivity index (χ4n) is 1.60. The van der Waals surface area contributed by atoms with E-state index in [4.69, 9.17) is 5.26 Å². The lowest BCUT2D eigenvalue weighted by Gasteiger charge is -2.05. The third-order valence-electron chi connectivity index (χ3n) is 2.57. The molecule has 0 aliphatic heterocycles. The molecule has 0 bridgehead atoms. The molecule has 0 N–H and O–H groups in total. The van der Waals surface area contributed by atoms with E-state index < -0.39 is 0 Å². The lowest BCUT2D eigenvalue weighted by Crippen LogP contribution is -2.20. The zero-order valence-electron chi connectivity index (χ0n) is 10.0. The number of benzene rings is 1. The summed E-state index contributed by atoms with van der Waals surface area (Å²) in [5.74, 6) is 0. The van der Waals surface area contributed by atoms with Crippen molar-refractivity contribution in [3.63, 3.8) is 0 Å². The van der Waals surface area contributed by atoms with Gasteiger partial charge in [0, 0.05) is 23.7 Å². The van der Waals surface area contributed by atoms with Gasteiger partial charge in [-0.1, -0.05) is 12.1 Å². The zero-order chi connectivity index (χ0) is 13.1. The van der Waals surface area contributed by atoms with Crippen LogP contribution in [-0.4, -0.2) is 15.8 Å². The SMILES string of the molecule is CSc1ccc(-c2nc(=O)n(C)cc2C#N)cc1.